The van der Waals surface area contributed by atoms with Crippen LogP contribution in [0.15, 0.2) is 107 Å². The van der Waals surface area contributed by atoms with Crippen molar-refractivity contribution in [3.63, 3.8) is 0 Å². The molecule has 6 aliphatic carbocycles. The van der Waals surface area contributed by atoms with Gasteiger partial charge in [0.25, 0.3) is 0 Å². The molecule has 4 aromatic carbocycles. The number of nitrogens with zero attached hydrogens (tertiary/aromatic N) is 2. The Bertz CT molecular complexity index is 1810. The number of hydrogen-bond acceptors (Lipinski definition) is 4. The molecule has 0 fully saturated rings. The quantitative estimate of drug-likeness (QED) is 0.223. The summed E-state index contributed by atoms with van der Waals surface area (Å²) in [5, 5.41) is 3.24. The predicted octanol–water partition coefficient (Wildman–Crippen LogP) is 9.06. The molecule has 4 aromatic rings. The van der Waals surface area contributed by atoms with Gasteiger partial charge in [0, 0.05) is 32.2 Å². The first-order valence-corrected chi connectivity index (χ1v) is 18.2. The summed E-state index contributed by atoms with van der Waals surface area (Å²) in [7, 11) is 0. The highest BCUT2D eigenvalue weighted by molar-refractivity contribution is 8.17. The van der Waals surface area contributed by atoms with E-state index in [0.717, 1.165) is 0 Å². The molecule has 2 nitrogen and oxygen atoms in total. The van der Waals surface area contributed by atoms with Crippen molar-refractivity contribution in [3.8, 4) is 0 Å². The van der Waals surface area contributed by atoms with E-state index in [2.05, 4.69) is 162 Å². The Kier molecular flexibility index (Phi) is 4.96. The van der Waals surface area contributed by atoms with Gasteiger partial charge in [-0.2, -0.15) is 0 Å². The van der Waals surface area contributed by atoms with Crippen LogP contribution in [0.5, 0.6) is 0 Å². The standard InChI is InChI=1S/C41H38N2S2/c1-37(2,35-42-31-33(44-35)40(5)27-19-11-7-15-23(27)38(31,3)24-16-8-12-20-28(24)40)36-43-32-34(45-36)41(6)29-21-13-9-17-25(29)39(32,4)26-18-10-14-22-30(26)41/h7-22,31-34H,1-6H3. The monoisotopic (exact) mass is 622 g/mol. The minimum atomic E-state index is -0.265. The van der Waals surface area contributed by atoms with Gasteiger partial charge < -0.3 is 0 Å². The molecule has 4 bridgehead atoms. The molecule has 8 aliphatic rings. The summed E-state index contributed by atoms with van der Waals surface area (Å²) in [6, 6.07) is 37.2. The van der Waals surface area contributed by atoms with E-state index in [1.807, 2.05) is 0 Å². The van der Waals surface area contributed by atoms with Crippen LogP contribution in [0.3, 0.4) is 0 Å². The van der Waals surface area contributed by atoms with E-state index in [0.29, 0.717) is 10.5 Å². The Labute approximate surface area is 275 Å². The fraction of sp³-hybridized carbons (Fsp3) is 0.366. The highest BCUT2D eigenvalue weighted by Crippen LogP contribution is 2.68. The molecular weight excluding hydrogens is 585 g/mol. The zero-order chi connectivity index (χ0) is 30.7. The number of aliphatic imine (C=N–C) groups is 2. The van der Waals surface area contributed by atoms with Crippen molar-refractivity contribution in [2.24, 2.45) is 15.4 Å². The zero-order valence-electron chi connectivity index (χ0n) is 26.8. The van der Waals surface area contributed by atoms with Crippen LogP contribution >= 0.6 is 23.5 Å². The van der Waals surface area contributed by atoms with Crippen molar-refractivity contribution in [2.75, 3.05) is 0 Å². The molecule has 4 unspecified atom stereocenters. The first kappa shape index (κ1) is 27.1. The highest BCUT2D eigenvalue weighted by Gasteiger charge is 2.67. The largest absolute Gasteiger partial charge is 0.276 e. The van der Waals surface area contributed by atoms with Gasteiger partial charge in [0.1, 0.15) is 0 Å². The smallest absolute Gasteiger partial charge is 0.0805 e. The summed E-state index contributed by atoms with van der Waals surface area (Å²) in [6.45, 7) is 14.7. The van der Waals surface area contributed by atoms with Crippen LogP contribution in [0.2, 0.25) is 0 Å². The molecule has 0 amide bonds. The maximum Gasteiger partial charge on any atom is 0.0805 e. The van der Waals surface area contributed by atoms with Gasteiger partial charge in [0.05, 0.1) is 27.6 Å². The van der Waals surface area contributed by atoms with Gasteiger partial charge in [-0.05, 0) is 72.2 Å². The van der Waals surface area contributed by atoms with Crippen LogP contribution in [0.4, 0.5) is 0 Å². The zero-order valence-corrected chi connectivity index (χ0v) is 28.4. The molecule has 0 aromatic heterocycles. The molecule has 0 saturated carbocycles. The number of hydrogen-bond donors (Lipinski definition) is 0. The van der Waals surface area contributed by atoms with Gasteiger partial charge in [-0.1, -0.05) is 111 Å². The lowest BCUT2D eigenvalue weighted by molar-refractivity contribution is 0.297. The Morgan fingerprint density at radius 3 is 0.956 bits per heavy atom. The average molecular weight is 623 g/mol. The fourth-order valence-electron chi connectivity index (χ4n) is 10.6. The minimum absolute atomic E-state index is 0.0937. The third-order valence-corrected chi connectivity index (χ3v) is 16.8. The van der Waals surface area contributed by atoms with Crippen molar-refractivity contribution < 1.29 is 0 Å². The van der Waals surface area contributed by atoms with Crippen molar-refractivity contribution in [1.82, 2.24) is 0 Å². The van der Waals surface area contributed by atoms with E-state index in [-0.39, 0.29) is 39.2 Å². The van der Waals surface area contributed by atoms with E-state index in [1.165, 1.54) is 54.6 Å². The third-order valence-electron chi connectivity index (χ3n) is 13.1. The predicted molar refractivity (Wildman–Crippen MR) is 191 cm³/mol. The van der Waals surface area contributed by atoms with Crippen LogP contribution in [0, 0.1) is 5.41 Å². The summed E-state index contributed by atoms with van der Waals surface area (Å²) in [6.07, 6.45) is 0. The van der Waals surface area contributed by atoms with Crippen molar-refractivity contribution in [2.45, 2.75) is 85.8 Å². The second-order valence-electron chi connectivity index (χ2n) is 15.5. The highest BCUT2D eigenvalue weighted by atomic mass is 32.2. The second-order valence-corrected chi connectivity index (χ2v) is 17.7. The molecular formula is C41H38N2S2. The van der Waals surface area contributed by atoms with E-state index in [4.69, 9.17) is 9.98 Å². The lowest BCUT2D eigenvalue weighted by Crippen LogP contribution is -2.61. The fourth-order valence-corrected chi connectivity index (χ4v) is 14.2. The van der Waals surface area contributed by atoms with Gasteiger partial charge in [-0.3, -0.25) is 9.98 Å². The molecule has 0 spiro atoms. The van der Waals surface area contributed by atoms with E-state index in [1.54, 1.807) is 0 Å². The van der Waals surface area contributed by atoms with E-state index >= 15 is 0 Å². The van der Waals surface area contributed by atoms with Crippen molar-refractivity contribution in [1.29, 1.82) is 0 Å². The lowest BCUT2D eigenvalue weighted by atomic mass is 9.48. The summed E-state index contributed by atoms with van der Waals surface area (Å²) < 4.78 is 0. The molecule has 0 saturated heterocycles. The molecule has 4 heteroatoms. The van der Waals surface area contributed by atoms with Crippen molar-refractivity contribution >= 4 is 33.6 Å². The van der Waals surface area contributed by atoms with Crippen LogP contribution in [-0.4, -0.2) is 32.7 Å². The van der Waals surface area contributed by atoms with E-state index < -0.39 is 0 Å². The van der Waals surface area contributed by atoms with Gasteiger partial charge in [0.2, 0.25) is 0 Å². The minimum Gasteiger partial charge on any atom is -0.276 e. The molecule has 0 N–H and O–H groups in total. The molecule has 12 rings (SSSR count). The summed E-state index contributed by atoms with van der Waals surface area (Å²) in [5.41, 5.74) is 11.0. The average Bonchev–Trinajstić information content (AvgIpc) is 3.75. The number of thioether (sulfide) groups is 2. The Morgan fingerprint density at radius 2 is 0.689 bits per heavy atom. The maximum atomic E-state index is 5.79. The van der Waals surface area contributed by atoms with Crippen LogP contribution in [0.1, 0.15) is 86.1 Å². The molecule has 224 valence electrons. The second kappa shape index (κ2) is 8.25. The van der Waals surface area contributed by atoms with E-state index in [9.17, 15) is 0 Å². The number of benzene rings is 4. The summed E-state index contributed by atoms with van der Waals surface area (Å²) in [5.74, 6) is 0. The maximum absolute atomic E-state index is 5.79. The Morgan fingerprint density at radius 1 is 0.444 bits per heavy atom. The lowest BCUT2D eigenvalue weighted by Gasteiger charge is -2.58. The van der Waals surface area contributed by atoms with Gasteiger partial charge in [0.15, 0.2) is 0 Å². The summed E-state index contributed by atoms with van der Waals surface area (Å²) in [4.78, 5) is 11.6. The molecule has 0 radical (unpaired) electrons. The van der Waals surface area contributed by atoms with Crippen LogP contribution < -0.4 is 0 Å². The topological polar surface area (TPSA) is 24.7 Å². The first-order chi connectivity index (χ1) is 21.6. The SMILES string of the molecule is CC(C)(C1=NC2C(S1)C1(C)c3ccccc3C2(C)c2ccccc21)C1=NC2C(S1)C1(C)c3ccccc3C2(C)c2ccccc21. The summed E-state index contributed by atoms with van der Waals surface area (Å²) >= 11 is 4.11. The molecule has 4 atom stereocenters. The van der Waals surface area contributed by atoms with Crippen LogP contribution in [-0.2, 0) is 21.7 Å². The van der Waals surface area contributed by atoms with Crippen LogP contribution in [0.25, 0.3) is 0 Å². The molecule has 2 aliphatic heterocycles. The normalized spacial score (nSPS) is 37.6. The van der Waals surface area contributed by atoms with Gasteiger partial charge >= 0.3 is 0 Å². The number of rotatable bonds is 2. The van der Waals surface area contributed by atoms with Gasteiger partial charge in [-0.25, -0.2) is 0 Å². The van der Waals surface area contributed by atoms with Gasteiger partial charge in [-0.15, -0.1) is 23.5 Å². The van der Waals surface area contributed by atoms with Crippen molar-refractivity contribution in [3.05, 3.63) is 142 Å². The molecule has 45 heavy (non-hydrogen) atoms. The Hall–Kier alpha value is -3.08. The molecule has 2 heterocycles. The Balaban J connectivity index is 1.10. The first-order valence-electron chi connectivity index (χ1n) is 16.5. The third kappa shape index (κ3) is 2.79.